The van der Waals surface area contributed by atoms with Gasteiger partial charge in [0.25, 0.3) is 5.56 Å². The minimum Gasteiger partial charge on any atom is -0.355 e. The van der Waals surface area contributed by atoms with Crippen LogP contribution < -0.4 is 5.56 Å². The molecule has 2 aromatic rings. The Morgan fingerprint density at radius 1 is 1.38 bits per heavy atom. The quantitative estimate of drug-likeness (QED) is 0.193. The SMILES string of the molecule is CCc1c(Cc2cccs2)nc(SCCOCOCCBr)[nH]c1=O. The number of hydrogen-bond acceptors (Lipinski definition) is 6. The van der Waals surface area contributed by atoms with Gasteiger partial charge in [-0.3, -0.25) is 4.79 Å². The Morgan fingerprint density at radius 2 is 2.21 bits per heavy atom. The zero-order valence-electron chi connectivity index (χ0n) is 13.5. The highest BCUT2D eigenvalue weighted by Gasteiger charge is 2.11. The van der Waals surface area contributed by atoms with Gasteiger partial charge >= 0.3 is 0 Å². The predicted octanol–water partition coefficient (Wildman–Crippen LogP) is 3.46. The van der Waals surface area contributed by atoms with E-state index in [9.17, 15) is 4.79 Å². The summed E-state index contributed by atoms with van der Waals surface area (Å²) < 4.78 is 10.6. The second-order valence-corrected chi connectivity index (χ2v) is 7.79. The van der Waals surface area contributed by atoms with E-state index in [0.717, 1.165) is 16.6 Å². The van der Waals surface area contributed by atoms with Crippen LogP contribution in [0.5, 0.6) is 0 Å². The molecule has 1 N–H and O–H groups in total. The number of H-pyrrole nitrogens is 1. The molecule has 132 valence electrons. The van der Waals surface area contributed by atoms with Gasteiger partial charge in [0.1, 0.15) is 6.79 Å². The molecule has 8 heteroatoms. The summed E-state index contributed by atoms with van der Waals surface area (Å²) in [7, 11) is 0. The number of alkyl halides is 1. The summed E-state index contributed by atoms with van der Waals surface area (Å²) in [6, 6.07) is 4.09. The fourth-order valence-electron chi connectivity index (χ4n) is 2.11. The molecule has 0 aromatic carbocycles. The van der Waals surface area contributed by atoms with Gasteiger partial charge in [0, 0.05) is 27.9 Å². The van der Waals surface area contributed by atoms with Crippen molar-refractivity contribution in [3.8, 4) is 0 Å². The van der Waals surface area contributed by atoms with Crippen LogP contribution in [0.1, 0.15) is 23.1 Å². The van der Waals surface area contributed by atoms with Crippen LogP contribution >= 0.6 is 39.0 Å². The largest absolute Gasteiger partial charge is 0.355 e. The normalized spacial score (nSPS) is 11.1. The first kappa shape index (κ1) is 19.7. The second-order valence-electron chi connectivity index (χ2n) is 4.88. The van der Waals surface area contributed by atoms with Gasteiger partial charge in [-0.05, 0) is 17.9 Å². The molecule has 0 amide bonds. The molecule has 0 fully saturated rings. The second kappa shape index (κ2) is 11.0. The molecule has 2 rings (SSSR count). The molecule has 5 nitrogen and oxygen atoms in total. The summed E-state index contributed by atoms with van der Waals surface area (Å²) in [4.78, 5) is 21.0. The van der Waals surface area contributed by atoms with Crippen molar-refractivity contribution in [3.63, 3.8) is 0 Å². The van der Waals surface area contributed by atoms with Crippen molar-refractivity contribution < 1.29 is 9.47 Å². The lowest BCUT2D eigenvalue weighted by Gasteiger charge is -2.08. The van der Waals surface area contributed by atoms with Crippen molar-refractivity contribution >= 4 is 39.0 Å². The van der Waals surface area contributed by atoms with E-state index in [2.05, 4.69) is 32.0 Å². The monoisotopic (exact) mass is 432 g/mol. The lowest BCUT2D eigenvalue weighted by Crippen LogP contribution is -2.18. The third kappa shape index (κ3) is 6.33. The molecule has 0 aliphatic rings. The highest BCUT2D eigenvalue weighted by atomic mass is 79.9. The summed E-state index contributed by atoms with van der Waals surface area (Å²) in [5.41, 5.74) is 1.60. The van der Waals surface area contributed by atoms with Crippen molar-refractivity contribution in [2.45, 2.75) is 24.9 Å². The van der Waals surface area contributed by atoms with Crippen LogP contribution in [-0.4, -0.2) is 41.1 Å². The molecule has 0 bridgehead atoms. The number of hydrogen-bond donors (Lipinski definition) is 1. The average Bonchev–Trinajstić information content (AvgIpc) is 3.07. The van der Waals surface area contributed by atoms with E-state index in [1.165, 1.54) is 16.6 Å². The number of rotatable bonds is 11. The standard InChI is InChI=1S/C16H21BrN2O3S2/c1-2-13-14(10-12-4-3-8-23-12)18-16(19-15(13)20)24-9-7-22-11-21-6-5-17/h3-4,8H,2,5-7,9-11H2,1H3,(H,18,19,20). The van der Waals surface area contributed by atoms with Gasteiger partial charge in [-0.1, -0.05) is 40.7 Å². The highest BCUT2D eigenvalue weighted by Crippen LogP contribution is 2.18. The molecule has 0 unspecified atom stereocenters. The third-order valence-corrected chi connectivity index (χ3v) is 5.25. The first-order valence-corrected chi connectivity index (χ1v) is 10.7. The average molecular weight is 433 g/mol. The number of halogens is 1. The van der Waals surface area contributed by atoms with Crippen LogP contribution in [0.2, 0.25) is 0 Å². The number of aromatic nitrogens is 2. The lowest BCUT2D eigenvalue weighted by atomic mass is 10.1. The van der Waals surface area contributed by atoms with Gasteiger partial charge in [-0.15, -0.1) is 11.3 Å². The molecule has 0 aliphatic heterocycles. The number of ether oxygens (including phenoxy) is 2. The topological polar surface area (TPSA) is 64.2 Å². The highest BCUT2D eigenvalue weighted by molar-refractivity contribution is 9.09. The molecular formula is C16H21BrN2O3S2. The Balaban J connectivity index is 1.93. The molecule has 0 saturated carbocycles. The summed E-state index contributed by atoms with van der Waals surface area (Å²) in [5.74, 6) is 0.713. The van der Waals surface area contributed by atoms with Gasteiger partial charge in [0.2, 0.25) is 0 Å². The molecule has 24 heavy (non-hydrogen) atoms. The van der Waals surface area contributed by atoms with E-state index < -0.39 is 0 Å². The first-order chi connectivity index (χ1) is 11.7. The minimum atomic E-state index is -0.0388. The molecule has 2 heterocycles. The van der Waals surface area contributed by atoms with Crippen molar-refractivity contribution in [1.29, 1.82) is 0 Å². The zero-order chi connectivity index (χ0) is 17.2. The Kier molecular flexibility index (Phi) is 9.04. The number of aromatic amines is 1. The first-order valence-electron chi connectivity index (χ1n) is 7.73. The molecule has 2 aromatic heterocycles. The lowest BCUT2D eigenvalue weighted by molar-refractivity contribution is -0.0424. The van der Waals surface area contributed by atoms with Crippen molar-refractivity contribution in [2.75, 3.05) is 31.1 Å². The van der Waals surface area contributed by atoms with Crippen molar-refractivity contribution in [1.82, 2.24) is 9.97 Å². The molecule has 0 radical (unpaired) electrons. The van der Waals surface area contributed by atoms with Gasteiger partial charge < -0.3 is 14.5 Å². The summed E-state index contributed by atoms with van der Waals surface area (Å²) in [6.07, 6.45) is 1.39. The van der Waals surface area contributed by atoms with Gasteiger partial charge in [-0.25, -0.2) is 4.98 Å². The maximum absolute atomic E-state index is 12.3. The molecule has 0 spiro atoms. The Bertz CT molecular complexity index is 662. The van der Waals surface area contributed by atoms with Crippen molar-refractivity contribution in [2.24, 2.45) is 0 Å². The molecule has 0 saturated heterocycles. The van der Waals surface area contributed by atoms with E-state index in [1.54, 1.807) is 11.3 Å². The Hall–Kier alpha value is -0.670. The van der Waals surface area contributed by atoms with E-state index in [4.69, 9.17) is 9.47 Å². The summed E-state index contributed by atoms with van der Waals surface area (Å²) >= 11 is 6.46. The minimum absolute atomic E-state index is 0.0388. The number of thioether (sulfide) groups is 1. The Labute approximate surface area is 158 Å². The summed E-state index contributed by atoms with van der Waals surface area (Å²) in [6.45, 7) is 3.45. The van der Waals surface area contributed by atoms with Gasteiger partial charge in [-0.2, -0.15) is 0 Å². The number of thiophene rings is 1. The van der Waals surface area contributed by atoms with Crippen LogP contribution in [-0.2, 0) is 22.3 Å². The fourth-order valence-corrected chi connectivity index (χ4v) is 3.78. The van der Waals surface area contributed by atoms with E-state index in [1.807, 2.05) is 18.4 Å². The smallest absolute Gasteiger partial charge is 0.254 e. The summed E-state index contributed by atoms with van der Waals surface area (Å²) in [5, 5.41) is 3.49. The number of nitrogens with zero attached hydrogens (tertiary/aromatic N) is 1. The van der Waals surface area contributed by atoms with E-state index >= 15 is 0 Å². The molecular weight excluding hydrogens is 412 g/mol. The maximum Gasteiger partial charge on any atom is 0.254 e. The van der Waals surface area contributed by atoms with Crippen LogP contribution in [0.3, 0.4) is 0 Å². The predicted molar refractivity (Wildman–Crippen MR) is 103 cm³/mol. The number of nitrogens with one attached hydrogen (secondary N) is 1. The van der Waals surface area contributed by atoms with E-state index in [0.29, 0.717) is 37.0 Å². The van der Waals surface area contributed by atoms with E-state index in [-0.39, 0.29) is 12.4 Å². The van der Waals surface area contributed by atoms with Crippen molar-refractivity contribution in [3.05, 3.63) is 44.0 Å². The van der Waals surface area contributed by atoms with Gasteiger partial charge in [0.15, 0.2) is 5.16 Å². The van der Waals surface area contributed by atoms with Gasteiger partial charge in [0.05, 0.1) is 18.9 Å². The Morgan fingerprint density at radius 3 is 2.92 bits per heavy atom. The van der Waals surface area contributed by atoms with Crippen LogP contribution in [0.15, 0.2) is 27.5 Å². The van der Waals surface area contributed by atoms with Crippen LogP contribution in [0, 0.1) is 0 Å². The zero-order valence-corrected chi connectivity index (χ0v) is 16.8. The van der Waals surface area contributed by atoms with Crippen LogP contribution in [0.25, 0.3) is 0 Å². The molecule has 0 aliphatic carbocycles. The van der Waals surface area contributed by atoms with Crippen LogP contribution in [0.4, 0.5) is 0 Å². The molecule has 0 atom stereocenters. The third-order valence-electron chi connectivity index (χ3n) is 3.21. The fraction of sp³-hybridized carbons (Fsp3) is 0.500. The maximum atomic E-state index is 12.3.